The molecule has 2 aromatic rings. The number of para-hydroxylation sites is 1. The van der Waals surface area contributed by atoms with Gasteiger partial charge in [-0.3, -0.25) is 15.1 Å². The van der Waals surface area contributed by atoms with Gasteiger partial charge in [0.05, 0.1) is 11.1 Å². The third-order valence-corrected chi connectivity index (χ3v) is 5.69. The summed E-state index contributed by atoms with van der Waals surface area (Å²) >= 11 is 0. The highest BCUT2D eigenvalue weighted by Crippen LogP contribution is 2.39. The number of amides is 3. The first-order valence-corrected chi connectivity index (χ1v) is 10.7. The van der Waals surface area contributed by atoms with Crippen LogP contribution in [-0.4, -0.2) is 35.5 Å². The summed E-state index contributed by atoms with van der Waals surface area (Å²) in [6.07, 6.45) is 2.56. The molecule has 0 unspecified atom stereocenters. The molecule has 0 spiro atoms. The van der Waals surface area contributed by atoms with Crippen LogP contribution in [0, 0.1) is 11.3 Å². The second-order valence-corrected chi connectivity index (χ2v) is 9.49. The molecule has 2 N–H and O–H groups in total. The van der Waals surface area contributed by atoms with Gasteiger partial charge in [-0.05, 0) is 56.1 Å². The number of esters is 1. The van der Waals surface area contributed by atoms with Gasteiger partial charge >= 0.3 is 12.0 Å². The number of hydrogen-bond donors (Lipinski definition) is 2. The quantitative estimate of drug-likeness (QED) is 0.727. The molecule has 3 amide bonds. The first-order chi connectivity index (χ1) is 14.6. The monoisotopic (exact) mass is 425 g/mol. The normalized spacial score (nSPS) is 16.0. The fraction of sp³-hybridized carbons (Fsp3) is 0.500. The highest BCUT2D eigenvalue weighted by atomic mass is 16.5. The lowest BCUT2D eigenvalue weighted by atomic mass is 9.70. The first-order valence-electron chi connectivity index (χ1n) is 10.7. The van der Waals surface area contributed by atoms with Crippen molar-refractivity contribution in [3.05, 3.63) is 41.1 Å². The molecule has 7 heteroatoms. The molecule has 7 nitrogen and oxygen atoms in total. The number of carbonyl (C=O) groups excluding carboxylic acids is 3. The Labute approximate surface area is 182 Å². The zero-order chi connectivity index (χ0) is 22.8. The lowest BCUT2D eigenvalue weighted by Crippen LogP contribution is -2.44. The number of benzene rings is 1. The summed E-state index contributed by atoms with van der Waals surface area (Å²) in [6.45, 7) is 9.67. The van der Waals surface area contributed by atoms with E-state index in [9.17, 15) is 14.4 Å². The summed E-state index contributed by atoms with van der Waals surface area (Å²) < 4.78 is 5.33. The fourth-order valence-electron chi connectivity index (χ4n) is 4.02. The summed E-state index contributed by atoms with van der Waals surface area (Å²) in [5, 5.41) is 5.44. The fourth-order valence-corrected chi connectivity index (χ4v) is 4.02. The van der Waals surface area contributed by atoms with Gasteiger partial charge in [0.25, 0.3) is 5.91 Å². The van der Waals surface area contributed by atoms with Gasteiger partial charge in [-0.25, -0.2) is 9.59 Å². The molecule has 0 fully saturated rings. The summed E-state index contributed by atoms with van der Waals surface area (Å²) in [6, 6.07) is 6.76. The van der Waals surface area contributed by atoms with Crippen LogP contribution >= 0.6 is 0 Å². The van der Waals surface area contributed by atoms with E-state index in [1.54, 1.807) is 13.8 Å². The largest absolute Gasteiger partial charge is 0.452 e. The number of aromatic nitrogens is 1. The van der Waals surface area contributed by atoms with E-state index in [0.717, 1.165) is 41.4 Å². The number of imide groups is 1. The summed E-state index contributed by atoms with van der Waals surface area (Å²) in [5.74, 6) is -0.826. The van der Waals surface area contributed by atoms with Crippen molar-refractivity contribution in [3.63, 3.8) is 0 Å². The van der Waals surface area contributed by atoms with E-state index < -0.39 is 24.5 Å². The SMILES string of the molecule is CC(C)NC(=O)NC(=O)COC(=O)c1c2c(nc3ccccc13)CC[C@H](C(C)(C)C)C2. The van der Waals surface area contributed by atoms with Crippen LogP contribution in [0.2, 0.25) is 0 Å². The number of ether oxygens (including phenoxy) is 1. The number of nitrogens with one attached hydrogen (secondary N) is 2. The van der Waals surface area contributed by atoms with Crippen LogP contribution in [0.4, 0.5) is 4.79 Å². The summed E-state index contributed by atoms with van der Waals surface area (Å²) in [7, 11) is 0. The van der Waals surface area contributed by atoms with Crippen LogP contribution in [0.1, 0.15) is 62.7 Å². The molecule has 1 aliphatic rings. The molecule has 1 aliphatic carbocycles. The Morgan fingerprint density at radius 2 is 1.90 bits per heavy atom. The second kappa shape index (κ2) is 9.04. The number of rotatable bonds is 4. The average molecular weight is 426 g/mol. The van der Waals surface area contributed by atoms with Gasteiger partial charge in [-0.15, -0.1) is 0 Å². The second-order valence-electron chi connectivity index (χ2n) is 9.49. The number of fused-ring (bicyclic) bond motifs is 2. The molecule has 0 saturated heterocycles. The Bertz CT molecular complexity index is 1010. The average Bonchev–Trinajstić information content (AvgIpc) is 2.68. The van der Waals surface area contributed by atoms with Crippen molar-refractivity contribution >= 4 is 28.8 Å². The van der Waals surface area contributed by atoms with Crippen LogP contribution in [0.5, 0.6) is 0 Å². The Morgan fingerprint density at radius 3 is 2.58 bits per heavy atom. The molecule has 166 valence electrons. The predicted octanol–water partition coefficient (Wildman–Crippen LogP) is 3.78. The molecule has 1 aromatic carbocycles. The topological polar surface area (TPSA) is 97.4 Å². The van der Waals surface area contributed by atoms with E-state index in [2.05, 4.69) is 31.4 Å². The van der Waals surface area contributed by atoms with Crippen LogP contribution in [0.3, 0.4) is 0 Å². The molecule has 0 radical (unpaired) electrons. The van der Waals surface area contributed by atoms with Gasteiger partial charge < -0.3 is 10.1 Å². The Balaban J connectivity index is 1.86. The van der Waals surface area contributed by atoms with Gasteiger partial charge in [0.15, 0.2) is 6.61 Å². The van der Waals surface area contributed by atoms with Crippen molar-refractivity contribution in [2.24, 2.45) is 11.3 Å². The van der Waals surface area contributed by atoms with Crippen LogP contribution in [0.25, 0.3) is 10.9 Å². The van der Waals surface area contributed by atoms with Crippen molar-refractivity contribution in [2.75, 3.05) is 6.61 Å². The first kappa shape index (κ1) is 22.7. The predicted molar refractivity (Wildman–Crippen MR) is 119 cm³/mol. The van der Waals surface area contributed by atoms with Gasteiger partial charge in [-0.1, -0.05) is 39.0 Å². The molecule has 1 heterocycles. The minimum absolute atomic E-state index is 0.105. The number of urea groups is 1. The number of pyridine rings is 1. The van der Waals surface area contributed by atoms with Crippen molar-refractivity contribution in [1.82, 2.24) is 15.6 Å². The number of carbonyl (C=O) groups is 3. The minimum atomic E-state index is -0.675. The molecule has 0 bridgehead atoms. The van der Waals surface area contributed by atoms with Crippen molar-refractivity contribution in [1.29, 1.82) is 0 Å². The molecular formula is C24H31N3O4. The highest BCUT2D eigenvalue weighted by molar-refractivity contribution is 6.06. The van der Waals surface area contributed by atoms with E-state index >= 15 is 0 Å². The lowest BCUT2D eigenvalue weighted by Gasteiger charge is -2.35. The zero-order valence-electron chi connectivity index (χ0n) is 18.9. The summed E-state index contributed by atoms with van der Waals surface area (Å²) in [5.41, 5.74) is 3.16. The minimum Gasteiger partial charge on any atom is -0.452 e. The number of nitrogens with zero attached hydrogens (tertiary/aromatic N) is 1. The zero-order valence-corrected chi connectivity index (χ0v) is 18.9. The Hall–Kier alpha value is -2.96. The summed E-state index contributed by atoms with van der Waals surface area (Å²) in [4.78, 5) is 41.7. The van der Waals surface area contributed by atoms with E-state index in [-0.39, 0.29) is 11.5 Å². The van der Waals surface area contributed by atoms with Crippen LogP contribution in [0.15, 0.2) is 24.3 Å². The van der Waals surface area contributed by atoms with Crippen LogP contribution < -0.4 is 10.6 Å². The molecule has 3 rings (SSSR count). The van der Waals surface area contributed by atoms with E-state index in [0.29, 0.717) is 11.5 Å². The molecule has 0 aliphatic heterocycles. The lowest BCUT2D eigenvalue weighted by molar-refractivity contribution is -0.123. The third kappa shape index (κ3) is 5.40. The van der Waals surface area contributed by atoms with Gasteiger partial charge in [0, 0.05) is 17.1 Å². The van der Waals surface area contributed by atoms with Crippen molar-refractivity contribution in [2.45, 2.75) is 59.9 Å². The van der Waals surface area contributed by atoms with E-state index in [1.165, 1.54) is 0 Å². The molecule has 1 atom stereocenters. The highest BCUT2D eigenvalue weighted by Gasteiger charge is 2.33. The van der Waals surface area contributed by atoms with Gasteiger partial charge in [0.2, 0.25) is 0 Å². The van der Waals surface area contributed by atoms with Crippen molar-refractivity contribution in [3.8, 4) is 0 Å². The van der Waals surface area contributed by atoms with Crippen LogP contribution in [-0.2, 0) is 22.4 Å². The molecule has 31 heavy (non-hydrogen) atoms. The maximum atomic E-state index is 13.1. The number of aryl methyl sites for hydroxylation is 1. The van der Waals surface area contributed by atoms with Crippen molar-refractivity contribution < 1.29 is 19.1 Å². The maximum absolute atomic E-state index is 13.1. The number of hydrogen-bond acceptors (Lipinski definition) is 5. The van der Waals surface area contributed by atoms with Gasteiger partial charge in [0.1, 0.15) is 0 Å². The molecule has 0 saturated carbocycles. The third-order valence-electron chi connectivity index (χ3n) is 5.69. The van der Waals surface area contributed by atoms with Gasteiger partial charge in [-0.2, -0.15) is 0 Å². The van der Waals surface area contributed by atoms with E-state index in [1.807, 2.05) is 24.3 Å². The smallest absolute Gasteiger partial charge is 0.339 e. The molecular weight excluding hydrogens is 394 g/mol. The Kier molecular flexibility index (Phi) is 6.62. The molecule has 1 aromatic heterocycles. The maximum Gasteiger partial charge on any atom is 0.339 e. The Morgan fingerprint density at radius 1 is 1.19 bits per heavy atom. The van der Waals surface area contributed by atoms with E-state index in [4.69, 9.17) is 9.72 Å². The standard InChI is InChI=1S/C24H31N3O4/c1-14(2)25-23(30)27-20(28)13-31-22(29)21-16-8-6-7-9-18(16)26-19-11-10-15(12-17(19)21)24(3,4)5/h6-9,14-15H,10-13H2,1-5H3,(H2,25,27,28,30)/t15-/m0/s1.